The predicted molar refractivity (Wildman–Crippen MR) is 49.6 cm³/mol. The maximum atomic E-state index is 11.1. The fourth-order valence-corrected chi connectivity index (χ4v) is 0.946. The van der Waals surface area contributed by atoms with Crippen LogP contribution < -0.4 is 22.8 Å². The number of allylic oxidation sites excluding steroid dienone is 1. The highest BCUT2D eigenvalue weighted by Gasteiger charge is 2.02. The number of rotatable bonds is 4. The molecule has 0 rings (SSSR count). The quantitative estimate of drug-likeness (QED) is 0.371. The van der Waals surface area contributed by atoms with Crippen LogP contribution in [0.4, 0.5) is 0 Å². The van der Waals surface area contributed by atoms with E-state index in [0.29, 0.717) is 0 Å². The summed E-state index contributed by atoms with van der Waals surface area (Å²) in [6.07, 6.45) is 2.68. The van der Waals surface area contributed by atoms with Crippen LogP contribution in [0.15, 0.2) is 11.6 Å². The van der Waals surface area contributed by atoms with E-state index in [0.717, 1.165) is 23.5 Å². The van der Waals surface area contributed by atoms with E-state index >= 15 is 0 Å². The van der Waals surface area contributed by atoms with Crippen LogP contribution in [0.3, 0.4) is 0 Å². The predicted octanol–water partition coefficient (Wildman–Crippen LogP) is -3.09. The van der Waals surface area contributed by atoms with Crippen LogP contribution in [0.2, 0.25) is 0 Å². The molecule has 0 heterocycles. The van der Waals surface area contributed by atoms with Gasteiger partial charge in [0.05, 0.1) is 13.6 Å². The summed E-state index contributed by atoms with van der Waals surface area (Å²) in [4.78, 5) is 11.1. The zero-order valence-electron chi connectivity index (χ0n) is 8.78. The molecule has 0 fully saturated rings. The molecule has 0 aliphatic heterocycles. The molecule has 0 spiro atoms. The van der Waals surface area contributed by atoms with Gasteiger partial charge >= 0.3 is 0 Å². The summed E-state index contributed by atoms with van der Waals surface area (Å²) in [7, 11) is 1.94. The smallest absolute Gasteiger partial charge is 0.288 e. The lowest BCUT2D eigenvalue weighted by atomic mass is 10.3. The van der Waals surface area contributed by atoms with Crippen molar-refractivity contribution in [2.24, 2.45) is 0 Å². The minimum Gasteiger partial charge on any atom is -1.00 e. The van der Waals surface area contributed by atoms with Gasteiger partial charge in [-0.3, -0.25) is 4.79 Å². The van der Waals surface area contributed by atoms with E-state index in [2.05, 4.69) is 12.3 Å². The van der Waals surface area contributed by atoms with Gasteiger partial charge in [-0.1, -0.05) is 12.5 Å². The Morgan fingerprint density at radius 1 is 1.46 bits per heavy atom. The van der Waals surface area contributed by atoms with E-state index in [1.54, 1.807) is 6.08 Å². The molecule has 0 radical (unpaired) electrons. The number of hydrogen-bond acceptors (Lipinski definition) is 1. The van der Waals surface area contributed by atoms with Gasteiger partial charge in [0, 0.05) is 6.08 Å². The summed E-state index contributed by atoms with van der Waals surface area (Å²) < 4.78 is 0. The van der Waals surface area contributed by atoms with E-state index in [4.69, 9.17) is 0 Å². The topological polar surface area (TPSA) is 33.5 Å². The van der Waals surface area contributed by atoms with Gasteiger partial charge in [-0.2, -0.15) is 5.43 Å². The Kier molecular flexibility index (Phi) is 9.29. The van der Waals surface area contributed by atoms with Crippen LogP contribution in [-0.4, -0.2) is 19.5 Å². The van der Waals surface area contributed by atoms with Crippen LogP contribution in [0.5, 0.6) is 0 Å². The fraction of sp³-hybridized carbons (Fsp3) is 0.667. The Hall–Kier alpha value is -0.540. The Bertz CT molecular complexity index is 176. The zero-order valence-corrected chi connectivity index (χ0v) is 9.53. The van der Waals surface area contributed by atoms with Crippen molar-refractivity contribution in [3.05, 3.63) is 11.6 Å². The molecule has 0 saturated carbocycles. The summed E-state index contributed by atoms with van der Waals surface area (Å²) in [5, 5.41) is 1.04. The van der Waals surface area contributed by atoms with Crippen molar-refractivity contribution in [3.8, 4) is 0 Å². The standard InChI is InChI=1S/C9H18N2O.ClH/c1-5-6-11(4)10-9(12)7-8(2)3;/h7H,5-6H2,1-4H3,(H,10,12);1H. The van der Waals surface area contributed by atoms with E-state index < -0.39 is 0 Å². The summed E-state index contributed by atoms with van der Waals surface area (Å²) in [6.45, 7) is 6.88. The van der Waals surface area contributed by atoms with E-state index in [1.807, 2.05) is 20.9 Å². The van der Waals surface area contributed by atoms with Crippen molar-refractivity contribution < 1.29 is 22.2 Å². The average molecular weight is 207 g/mol. The Balaban J connectivity index is 0. The molecule has 0 saturated heterocycles. The van der Waals surface area contributed by atoms with Crippen molar-refractivity contribution in [1.29, 1.82) is 0 Å². The first-order chi connectivity index (χ1) is 5.56. The molecular weight excluding hydrogens is 188 g/mol. The van der Waals surface area contributed by atoms with Crippen LogP contribution in [-0.2, 0) is 4.79 Å². The second-order valence-electron chi connectivity index (χ2n) is 3.24. The maximum Gasteiger partial charge on any atom is 0.288 e. The van der Waals surface area contributed by atoms with Crippen molar-refractivity contribution in [1.82, 2.24) is 5.43 Å². The summed E-state index contributed by atoms with van der Waals surface area (Å²) in [6, 6.07) is 0. The van der Waals surface area contributed by atoms with Crippen LogP contribution >= 0.6 is 0 Å². The van der Waals surface area contributed by atoms with Gasteiger partial charge < -0.3 is 12.4 Å². The third-order valence-electron chi connectivity index (χ3n) is 1.38. The van der Waals surface area contributed by atoms with Gasteiger partial charge in [0.2, 0.25) is 0 Å². The van der Waals surface area contributed by atoms with E-state index in [-0.39, 0.29) is 18.3 Å². The number of quaternary nitrogens is 1. The van der Waals surface area contributed by atoms with Gasteiger partial charge in [-0.15, -0.1) is 0 Å². The van der Waals surface area contributed by atoms with E-state index in [1.165, 1.54) is 0 Å². The Morgan fingerprint density at radius 2 is 2.00 bits per heavy atom. The van der Waals surface area contributed by atoms with Crippen molar-refractivity contribution >= 4 is 5.91 Å². The maximum absolute atomic E-state index is 11.1. The minimum atomic E-state index is -0.0130. The minimum absolute atomic E-state index is 0. The second kappa shape index (κ2) is 8.08. The fourth-order valence-electron chi connectivity index (χ4n) is 0.946. The molecule has 0 aliphatic carbocycles. The molecule has 1 unspecified atom stereocenters. The third kappa shape index (κ3) is 9.37. The first kappa shape index (κ1) is 15.0. The lowest BCUT2D eigenvalue weighted by Gasteiger charge is -2.11. The van der Waals surface area contributed by atoms with Crippen molar-refractivity contribution in [2.75, 3.05) is 13.6 Å². The molecule has 0 bridgehead atoms. The third-order valence-corrected chi connectivity index (χ3v) is 1.38. The van der Waals surface area contributed by atoms with Gasteiger partial charge in [-0.05, 0) is 20.3 Å². The molecule has 3 nitrogen and oxygen atoms in total. The molecule has 13 heavy (non-hydrogen) atoms. The largest absolute Gasteiger partial charge is 1.00 e. The van der Waals surface area contributed by atoms with Gasteiger partial charge in [0.1, 0.15) is 0 Å². The molecule has 0 aromatic carbocycles. The molecule has 0 aliphatic rings. The first-order valence-electron chi connectivity index (χ1n) is 4.34. The highest BCUT2D eigenvalue weighted by molar-refractivity contribution is 5.86. The molecule has 78 valence electrons. The van der Waals surface area contributed by atoms with Gasteiger partial charge in [-0.25, -0.2) is 5.01 Å². The molecule has 4 heteroatoms. The van der Waals surface area contributed by atoms with Crippen molar-refractivity contribution in [3.63, 3.8) is 0 Å². The second-order valence-corrected chi connectivity index (χ2v) is 3.24. The number of amides is 1. The van der Waals surface area contributed by atoms with Crippen LogP contribution in [0, 0.1) is 0 Å². The average Bonchev–Trinajstić information content (AvgIpc) is 1.84. The summed E-state index contributed by atoms with van der Waals surface area (Å²) >= 11 is 0. The number of carbonyl (C=O) groups excluding carboxylic acids is 1. The molecule has 1 amide bonds. The number of hydrogen-bond donors (Lipinski definition) is 2. The molecular formula is C9H19ClN2O. The SMILES string of the molecule is CCC[NH+](C)NC(=O)C=C(C)C.[Cl-]. The first-order valence-corrected chi connectivity index (χ1v) is 4.34. The lowest BCUT2D eigenvalue weighted by Crippen LogP contribution is -3.16. The highest BCUT2D eigenvalue weighted by atomic mass is 35.5. The van der Waals surface area contributed by atoms with Crippen LogP contribution in [0.25, 0.3) is 0 Å². The molecule has 1 atom stereocenters. The zero-order chi connectivity index (χ0) is 9.56. The highest BCUT2D eigenvalue weighted by Crippen LogP contribution is 1.85. The monoisotopic (exact) mass is 206 g/mol. The number of nitrogens with one attached hydrogen (secondary N) is 2. The van der Waals surface area contributed by atoms with Crippen molar-refractivity contribution in [2.45, 2.75) is 27.2 Å². The summed E-state index contributed by atoms with van der Waals surface area (Å²) in [5.41, 5.74) is 3.84. The number of carbonyl (C=O) groups is 1. The van der Waals surface area contributed by atoms with Gasteiger partial charge in [0.25, 0.3) is 5.91 Å². The Labute approximate surface area is 86.6 Å². The molecule has 2 N–H and O–H groups in total. The van der Waals surface area contributed by atoms with Gasteiger partial charge in [0.15, 0.2) is 0 Å². The lowest BCUT2D eigenvalue weighted by molar-refractivity contribution is -0.916. The Morgan fingerprint density at radius 3 is 2.38 bits per heavy atom. The normalized spacial score (nSPS) is 11.1. The molecule has 0 aromatic rings. The van der Waals surface area contributed by atoms with Crippen LogP contribution in [0.1, 0.15) is 27.2 Å². The summed E-state index contributed by atoms with van der Waals surface area (Å²) in [5.74, 6) is -0.0130. The van der Waals surface area contributed by atoms with E-state index in [9.17, 15) is 4.79 Å². The molecule has 0 aromatic heterocycles. The number of halogens is 1.